The van der Waals surface area contributed by atoms with Crippen LogP contribution in [0.5, 0.6) is 5.75 Å². The number of benzene rings is 1. The van der Waals surface area contributed by atoms with E-state index in [1.165, 1.54) is 11.1 Å². The zero-order valence-electron chi connectivity index (χ0n) is 8.32. The lowest BCUT2D eigenvalue weighted by Crippen LogP contribution is -1.95. The van der Waals surface area contributed by atoms with Crippen molar-refractivity contribution in [1.29, 1.82) is 0 Å². The molecule has 1 saturated heterocycles. The fourth-order valence-electron chi connectivity index (χ4n) is 1.63. The van der Waals surface area contributed by atoms with Crippen molar-refractivity contribution >= 4 is 0 Å². The molecule has 0 saturated carbocycles. The molecule has 0 aromatic heterocycles. The summed E-state index contributed by atoms with van der Waals surface area (Å²) in [5, 5.41) is 0. The van der Waals surface area contributed by atoms with Gasteiger partial charge in [0.25, 0.3) is 0 Å². The summed E-state index contributed by atoms with van der Waals surface area (Å²) < 4.78 is 10.7. The van der Waals surface area contributed by atoms with Crippen molar-refractivity contribution in [3.05, 3.63) is 42.0 Å². The van der Waals surface area contributed by atoms with Gasteiger partial charge < -0.3 is 9.47 Å². The molecule has 1 heterocycles. The maximum atomic E-state index is 5.58. The van der Waals surface area contributed by atoms with Crippen molar-refractivity contribution in [1.82, 2.24) is 0 Å². The average Bonchev–Trinajstić information content (AvgIpc) is 2.65. The first-order valence-electron chi connectivity index (χ1n) is 4.72. The number of rotatable bonds is 2. The molecule has 2 nitrogen and oxygen atoms in total. The lowest BCUT2D eigenvalue weighted by atomic mass is 10.1. The summed E-state index contributed by atoms with van der Waals surface area (Å²) in [6.07, 6.45) is 1.13. The molecule has 1 atom stereocenters. The Bertz CT molecular complexity index is 327. The second-order valence-electron chi connectivity index (χ2n) is 3.53. The highest BCUT2D eigenvalue weighted by molar-refractivity contribution is 5.29. The summed E-state index contributed by atoms with van der Waals surface area (Å²) in [4.78, 5) is 0. The van der Waals surface area contributed by atoms with Crippen LogP contribution in [-0.2, 0) is 4.74 Å². The highest BCUT2D eigenvalue weighted by Crippen LogP contribution is 2.31. The maximum absolute atomic E-state index is 5.58. The second kappa shape index (κ2) is 3.84. The highest BCUT2D eigenvalue weighted by atomic mass is 16.5. The van der Waals surface area contributed by atoms with Crippen LogP contribution in [0.4, 0.5) is 0 Å². The first-order chi connectivity index (χ1) is 6.79. The van der Waals surface area contributed by atoms with Crippen LogP contribution in [0, 0.1) is 0 Å². The molecule has 0 bridgehead atoms. The van der Waals surface area contributed by atoms with Gasteiger partial charge in [0, 0.05) is 6.42 Å². The zero-order chi connectivity index (χ0) is 9.97. The molecule has 14 heavy (non-hydrogen) atoms. The number of hydrogen-bond acceptors (Lipinski definition) is 2. The van der Waals surface area contributed by atoms with E-state index in [0.717, 1.165) is 12.2 Å². The van der Waals surface area contributed by atoms with Crippen LogP contribution in [0.3, 0.4) is 0 Å². The molecular weight excluding hydrogens is 176 g/mol. The maximum Gasteiger partial charge on any atom is 0.118 e. The van der Waals surface area contributed by atoms with E-state index >= 15 is 0 Å². The van der Waals surface area contributed by atoms with E-state index < -0.39 is 0 Å². The lowest BCUT2D eigenvalue weighted by molar-refractivity contribution is 0.114. The Morgan fingerprint density at radius 3 is 2.57 bits per heavy atom. The molecular formula is C12H14O2. The van der Waals surface area contributed by atoms with Gasteiger partial charge >= 0.3 is 0 Å². The molecule has 1 aliphatic rings. The standard InChI is InChI=1S/C12H14O2/c1-9-7-12(14-8-9)10-3-5-11(13-2)6-4-10/h3-6,12H,1,7-8H2,2H3/t12-/m1/s1. The molecule has 0 aliphatic carbocycles. The molecule has 1 fully saturated rings. The molecule has 0 amide bonds. The summed E-state index contributed by atoms with van der Waals surface area (Å²) in [6.45, 7) is 4.61. The van der Waals surface area contributed by atoms with Crippen LogP contribution < -0.4 is 4.74 Å². The number of ether oxygens (including phenoxy) is 2. The Labute approximate surface area is 84.2 Å². The minimum atomic E-state index is 0.188. The Kier molecular flexibility index (Phi) is 2.55. The summed E-state index contributed by atoms with van der Waals surface area (Å²) in [7, 11) is 1.67. The van der Waals surface area contributed by atoms with Crippen molar-refractivity contribution in [2.45, 2.75) is 12.5 Å². The average molecular weight is 190 g/mol. The van der Waals surface area contributed by atoms with E-state index in [9.17, 15) is 0 Å². The smallest absolute Gasteiger partial charge is 0.118 e. The van der Waals surface area contributed by atoms with Crippen molar-refractivity contribution in [3.8, 4) is 5.75 Å². The van der Waals surface area contributed by atoms with E-state index in [1.807, 2.05) is 24.3 Å². The van der Waals surface area contributed by atoms with Gasteiger partial charge in [0.15, 0.2) is 0 Å². The molecule has 0 radical (unpaired) electrons. The van der Waals surface area contributed by atoms with Crippen molar-refractivity contribution in [2.75, 3.05) is 13.7 Å². The van der Waals surface area contributed by atoms with E-state index in [4.69, 9.17) is 9.47 Å². The first kappa shape index (κ1) is 9.28. The van der Waals surface area contributed by atoms with E-state index in [-0.39, 0.29) is 6.10 Å². The normalized spacial score (nSPS) is 21.2. The van der Waals surface area contributed by atoms with Gasteiger partial charge in [0.05, 0.1) is 19.8 Å². The molecule has 1 aromatic carbocycles. The van der Waals surface area contributed by atoms with Crippen molar-refractivity contribution in [3.63, 3.8) is 0 Å². The van der Waals surface area contributed by atoms with Gasteiger partial charge in [0.2, 0.25) is 0 Å². The Morgan fingerprint density at radius 1 is 1.36 bits per heavy atom. The van der Waals surface area contributed by atoms with E-state index in [0.29, 0.717) is 6.61 Å². The van der Waals surface area contributed by atoms with Crippen LogP contribution >= 0.6 is 0 Å². The highest BCUT2D eigenvalue weighted by Gasteiger charge is 2.19. The fourth-order valence-corrected chi connectivity index (χ4v) is 1.63. The quantitative estimate of drug-likeness (QED) is 0.667. The van der Waals surface area contributed by atoms with Gasteiger partial charge in [-0.2, -0.15) is 0 Å². The van der Waals surface area contributed by atoms with E-state index in [2.05, 4.69) is 6.58 Å². The van der Waals surface area contributed by atoms with Gasteiger partial charge in [-0.05, 0) is 23.3 Å². The zero-order valence-corrected chi connectivity index (χ0v) is 8.32. The Hall–Kier alpha value is -1.28. The predicted octanol–water partition coefficient (Wildman–Crippen LogP) is 2.71. The predicted molar refractivity (Wildman–Crippen MR) is 55.4 cm³/mol. The summed E-state index contributed by atoms with van der Waals surface area (Å²) in [5.41, 5.74) is 2.37. The third kappa shape index (κ3) is 1.80. The number of methoxy groups -OCH3 is 1. The molecule has 0 unspecified atom stereocenters. The molecule has 0 spiro atoms. The van der Waals surface area contributed by atoms with Gasteiger partial charge in [-0.1, -0.05) is 18.7 Å². The third-order valence-electron chi connectivity index (χ3n) is 2.45. The fraction of sp³-hybridized carbons (Fsp3) is 0.333. The van der Waals surface area contributed by atoms with Crippen molar-refractivity contribution < 1.29 is 9.47 Å². The minimum absolute atomic E-state index is 0.188. The van der Waals surface area contributed by atoms with Gasteiger partial charge in [-0.15, -0.1) is 0 Å². The molecule has 1 aromatic rings. The third-order valence-corrected chi connectivity index (χ3v) is 2.45. The molecule has 0 N–H and O–H groups in total. The van der Waals surface area contributed by atoms with Gasteiger partial charge in [-0.25, -0.2) is 0 Å². The first-order valence-corrected chi connectivity index (χ1v) is 4.72. The molecule has 1 aliphatic heterocycles. The van der Waals surface area contributed by atoms with Gasteiger partial charge in [-0.3, -0.25) is 0 Å². The van der Waals surface area contributed by atoms with Crippen LogP contribution in [0.15, 0.2) is 36.4 Å². The lowest BCUT2D eigenvalue weighted by Gasteiger charge is -2.09. The van der Waals surface area contributed by atoms with E-state index in [1.54, 1.807) is 7.11 Å². The molecule has 2 rings (SSSR count). The van der Waals surface area contributed by atoms with Crippen LogP contribution in [0.1, 0.15) is 18.1 Å². The monoisotopic (exact) mass is 190 g/mol. The van der Waals surface area contributed by atoms with Crippen LogP contribution in [0.25, 0.3) is 0 Å². The van der Waals surface area contributed by atoms with Crippen molar-refractivity contribution in [2.24, 2.45) is 0 Å². The minimum Gasteiger partial charge on any atom is -0.497 e. The van der Waals surface area contributed by atoms with Crippen LogP contribution in [-0.4, -0.2) is 13.7 Å². The summed E-state index contributed by atoms with van der Waals surface area (Å²) >= 11 is 0. The topological polar surface area (TPSA) is 18.5 Å². The SMILES string of the molecule is C=C1CO[C@@H](c2ccc(OC)cc2)C1. The largest absolute Gasteiger partial charge is 0.497 e. The summed E-state index contributed by atoms with van der Waals surface area (Å²) in [5.74, 6) is 0.880. The summed E-state index contributed by atoms with van der Waals surface area (Å²) in [6, 6.07) is 8.00. The molecule has 2 heteroatoms. The second-order valence-corrected chi connectivity index (χ2v) is 3.53. The Balaban J connectivity index is 2.13. The Morgan fingerprint density at radius 2 is 2.07 bits per heavy atom. The number of hydrogen-bond donors (Lipinski definition) is 0. The molecule has 74 valence electrons. The van der Waals surface area contributed by atoms with Gasteiger partial charge in [0.1, 0.15) is 5.75 Å². The van der Waals surface area contributed by atoms with Crippen LogP contribution in [0.2, 0.25) is 0 Å².